The molecule has 23 heavy (non-hydrogen) atoms. The van der Waals surface area contributed by atoms with Crippen molar-refractivity contribution in [2.24, 2.45) is 0 Å². The number of carbonyl (C=O) groups is 2. The summed E-state index contributed by atoms with van der Waals surface area (Å²) in [4.78, 5) is 27.9. The molecule has 0 aliphatic heterocycles. The number of benzene rings is 2. The van der Waals surface area contributed by atoms with E-state index < -0.39 is 0 Å². The van der Waals surface area contributed by atoms with Gasteiger partial charge in [-0.3, -0.25) is 4.79 Å². The molecule has 0 radical (unpaired) electrons. The normalized spacial score (nSPS) is 11.0. The standard InChI is InChI=1S/C18H13NO3S/c1-22-18(21)13-9-6-12(7-10-13)8-11-15(20)17-19-14-4-2-3-5-16(14)23-17/h2-11H,1H3. The first kappa shape index (κ1) is 15.1. The molecule has 3 aromatic rings. The second kappa shape index (κ2) is 6.54. The van der Waals surface area contributed by atoms with Crippen molar-refractivity contribution in [3.63, 3.8) is 0 Å². The van der Waals surface area contributed by atoms with Gasteiger partial charge in [0.25, 0.3) is 0 Å². The summed E-state index contributed by atoms with van der Waals surface area (Å²) < 4.78 is 5.64. The molecule has 0 saturated heterocycles. The first-order chi connectivity index (χ1) is 11.2. The first-order valence-corrected chi connectivity index (χ1v) is 7.75. The molecule has 0 unspecified atom stereocenters. The number of esters is 1. The molecule has 0 atom stereocenters. The molecule has 0 aliphatic carbocycles. The molecule has 0 bridgehead atoms. The maximum absolute atomic E-state index is 12.2. The van der Waals surface area contributed by atoms with Gasteiger partial charge in [0.05, 0.1) is 22.9 Å². The summed E-state index contributed by atoms with van der Waals surface area (Å²) in [6, 6.07) is 14.5. The molecule has 0 N–H and O–H groups in total. The van der Waals surface area contributed by atoms with Crippen LogP contribution < -0.4 is 0 Å². The summed E-state index contributed by atoms with van der Waals surface area (Å²) in [6.45, 7) is 0. The highest BCUT2D eigenvalue weighted by Crippen LogP contribution is 2.22. The van der Waals surface area contributed by atoms with Crippen LogP contribution in [0.15, 0.2) is 54.6 Å². The number of ketones is 1. The Hall–Kier alpha value is -2.79. The van der Waals surface area contributed by atoms with Crippen LogP contribution in [0, 0.1) is 0 Å². The number of rotatable bonds is 4. The zero-order valence-corrected chi connectivity index (χ0v) is 13.2. The minimum Gasteiger partial charge on any atom is -0.465 e. The molecule has 0 aliphatic rings. The number of aromatic nitrogens is 1. The third-order valence-corrected chi connectivity index (χ3v) is 4.31. The van der Waals surface area contributed by atoms with E-state index in [0.29, 0.717) is 10.6 Å². The first-order valence-electron chi connectivity index (χ1n) is 6.94. The molecule has 114 valence electrons. The zero-order chi connectivity index (χ0) is 16.2. The van der Waals surface area contributed by atoms with Crippen molar-refractivity contribution in [3.05, 3.63) is 70.7 Å². The van der Waals surface area contributed by atoms with Crippen LogP contribution in [0.25, 0.3) is 16.3 Å². The van der Waals surface area contributed by atoms with Gasteiger partial charge >= 0.3 is 5.97 Å². The van der Waals surface area contributed by atoms with Gasteiger partial charge in [0.15, 0.2) is 5.01 Å². The predicted molar refractivity (Wildman–Crippen MR) is 90.8 cm³/mol. The topological polar surface area (TPSA) is 56.3 Å². The molecular weight excluding hydrogens is 310 g/mol. The van der Waals surface area contributed by atoms with Gasteiger partial charge in [0.1, 0.15) is 0 Å². The maximum Gasteiger partial charge on any atom is 0.337 e. The van der Waals surface area contributed by atoms with Crippen LogP contribution in [-0.4, -0.2) is 23.8 Å². The molecule has 5 heteroatoms. The summed E-state index contributed by atoms with van der Waals surface area (Å²) in [5, 5.41) is 0.466. The van der Waals surface area contributed by atoms with Crippen molar-refractivity contribution < 1.29 is 14.3 Å². The molecule has 0 spiro atoms. The lowest BCUT2D eigenvalue weighted by molar-refractivity contribution is 0.0600. The molecule has 3 rings (SSSR count). The highest BCUT2D eigenvalue weighted by molar-refractivity contribution is 7.20. The van der Waals surface area contributed by atoms with E-state index in [4.69, 9.17) is 0 Å². The Labute approximate surface area is 137 Å². The van der Waals surface area contributed by atoms with Crippen molar-refractivity contribution in [1.82, 2.24) is 4.98 Å². The second-order valence-corrected chi connectivity index (χ2v) is 5.83. The summed E-state index contributed by atoms with van der Waals surface area (Å²) in [6.07, 6.45) is 3.19. The predicted octanol–water partition coefficient (Wildman–Crippen LogP) is 3.98. The third kappa shape index (κ3) is 3.35. The smallest absolute Gasteiger partial charge is 0.337 e. The van der Waals surface area contributed by atoms with E-state index in [9.17, 15) is 9.59 Å². The number of para-hydroxylation sites is 1. The van der Waals surface area contributed by atoms with E-state index in [1.807, 2.05) is 24.3 Å². The lowest BCUT2D eigenvalue weighted by atomic mass is 10.1. The van der Waals surface area contributed by atoms with E-state index >= 15 is 0 Å². The molecule has 0 amide bonds. The van der Waals surface area contributed by atoms with E-state index in [0.717, 1.165) is 15.8 Å². The van der Waals surface area contributed by atoms with E-state index in [1.54, 1.807) is 30.3 Å². The van der Waals surface area contributed by atoms with Gasteiger partial charge in [-0.05, 0) is 35.9 Å². The van der Waals surface area contributed by atoms with Crippen molar-refractivity contribution in [2.75, 3.05) is 7.11 Å². The number of methoxy groups -OCH3 is 1. The summed E-state index contributed by atoms with van der Waals surface area (Å²) in [5.74, 6) is -0.519. The molecule has 4 nitrogen and oxygen atoms in total. The average molecular weight is 323 g/mol. The van der Waals surface area contributed by atoms with E-state index in [-0.39, 0.29) is 11.8 Å². The Morgan fingerprint density at radius 2 is 1.83 bits per heavy atom. The fraction of sp³-hybridized carbons (Fsp3) is 0.0556. The number of allylic oxidation sites excluding steroid dienone is 1. The van der Waals surface area contributed by atoms with Gasteiger partial charge in [-0.2, -0.15) is 0 Å². The maximum atomic E-state index is 12.2. The molecular formula is C18H13NO3S. The van der Waals surface area contributed by atoms with Crippen molar-refractivity contribution in [1.29, 1.82) is 0 Å². The van der Waals surface area contributed by atoms with Crippen LogP contribution in [0.5, 0.6) is 0 Å². The Morgan fingerprint density at radius 1 is 1.09 bits per heavy atom. The van der Waals surface area contributed by atoms with Gasteiger partial charge in [-0.15, -0.1) is 11.3 Å². The Balaban J connectivity index is 1.76. The minimum absolute atomic E-state index is 0.136. The number of thiazole rings is 1. The Morgan fingerprint density at radius 3 is 2.52 bits per heavy atom. The second-order valence-electron chi connectivity index (χ2n) is 4.80. The van der Waals surface area contributed by atoms with Crippen LogP contribution in [-0.2, 0) is 4.74 Å². The largest absolute Gasteiger partial charge is 0.465 e. The molecule has 1 aromatic heterocycles. The van der Waals surface area contributed by atoms with Gasteiger partial charge in [0, 0.05) is 0 Å². The fourth-order valence-corrected chi connectivity index (χ4v) is 2.95. The molecule has 2 aromatic carbocycles. The Kier molecular flexibility index (Phi) is 4.30. The van der Waals surface area contributed by atoms with E-state index in [2.05, 4.69) is 9.72 Å². The SMILES string of the molecule is COC(=O)c1ccc(C=CC(=O)c2nc3ccccc3s2)cc1. The lowest BCUT2D eigenvalue weighted by Gasteiger charge is -1.99. The van der Waals surface area contributed by atoms with Crippen molar-refractivity contribution in [2.45, 2.75) is 0 Å². The number of hydrogen-bond donors (Lipinski definition) is 0. The van der Waals surface area contributed by atoms with E-state index in [1.165, 1.54) is 24.5 Å². The number of nitrogens with zero attached hydrogens (tertiary/aromatic N) is 1. The summed E-state index contributed by atoms with van der Waals surface area (Å²) in [5.41, 5.74) is 2.13. The highest BCUT2D eigenvalue weighted by atomic mass is 32.1. The average Bonchev–Trinajstić information content (AvgIpc) is 3.03. The van der Waals surface area contributed by atoms with Crippen LogP contribution in [0.3, 0.4) is 0 Å². The van der Waals surface area contributed by atoms with Gasteiger partial charge in [-0.25, -0.2) is 9.78 Å². The minimum atomic E-state index is -0.383. The van der Waals surface area contributed by atoms with Crippen molar-refractivity contribution >= 4 is 39.4 Å². The number of hydrogen-bond acceptors (Lipinski definition) is 5. The highest BCUT2D eigenvalue weighted by Gasteiger charge is 2.09. The third-order valence-electron chi connectivity index (χ3n) is 3.26. The molecule has 0 saturated carbocycles. The summed E-state index contributed by atoms with van der Waals surface area (Å²) in [7, 11) is 1.34. The quantitative estimate of drug-likeness (QED) is 0.414. The van der Waals surface area contributed by atoms with Crippen LogP contribution in [0.1, 0.15) is 25.7 Å². The van der Waals surface area contributed by atoms with Crippen molar-refractivity contribution in [3.8, 4) is 0 Å². The van der Waals surface area contributed by atoms with Crippen LogP contribution in [0.4, 0.5) is 0 Å². The van der Waals surface area contributed by atoms with Crippen LogP contribution in [0.2, 0.25) is 0 Å². The Bertz CT molecular complexity index is 861. The van der Waals surface area contributed by atoms with Gasteiger partial charge in [0.2, 0.25) is 5.78 Å². The zero-order valence-electron chi connectivity index (χ0n) is 12.4. The molecule has 0 fully saturated rings. The van der Waals surface area contributed by atoms with Crippen LogP contribution >= 0.6 is 11.3 Å². The monoisotopic (exact) mass is 323 g/mol. The lowest BCUT2D eigenvalue weighted by Crippen LogP contribution is -2.00. The molecule has 1 heterocycles. The summed E-state index contributed by atoms with van der Waals surface area (Å²) >= 11 is 1.38. The number of carbonyl (C=O) groups excluding carboxylic acids is 2. The van der Waals surface area contributed by atoms with Gasteiger partial charge < -0.3 is 4.74 Å². The van der Waals surface area contributed by atoms with Gasteiger partial charge in [-0.1, -0.05) is 30.3 Å². The fourth-order valence-electron chi connectivity index (χ4n) is 2.07. The number of fused-ring (bicyclic) bond motifs is 1. The number of ether oxygens (including phenoxy) is 1.